The number of carbonyl (C=O) groups is 2. The molecular formula is C18H34O3. The standard InChI is InChI=1S/C18H34O3/c1-3-4-5-6-7-8-9-10-11-12-13-14-18(20)16-21-15-17(2)19/h3-16H2,1-2H3. The highest BCUT2D eigenvalue weighted by Gasteiger charge is 2.03. The number of ether oxygens (including phenoxy) is 1. The van der Waals surface area contributed by atoms with Gasteiger partial charge in [0, 0.05) is 6.42 Å². The smallest absolute Gasteiger partial charge is 0.158 e. The van der Waals surface area contributed by atoms with Gasteiger partial charge in [-0.3, -0.25) is 9.59 Å². The number of rotatable bonds is 16. The quantitative estimate of drug-likeness (QED) is 0.382. The predicted molar refractivity (Wildman–Crippen MR) is 87.6 cm³/mol. The fourth-order valence-electron chi connectivity index (χ4n) is 2.37. The highest BCUT2D eigenvalue weighted by atomic mass is 16.5. The van der Waals surface area contributed by atoms with Crippen LogP contribution in [0.2, 0.25) is 0 Å². The van der Waals surface area contributed by atoms with Gasteiger partial charge < -0.3 is 4.74 Å². The summed E-state index contributed by atoms with van der Waals surface area (Å²) in [6, 6.07) is 0. The van der Waals surface area contributed by atoms with Crippen LogP contribution in [0.1, 0.15) is 90.9 Å². The highest BCUT2D eigenvalue weighted by Crippen LogP contribution is 2.11. The SMILES string of the molecule is CCCCCCCCCCCCCC(=O)COCC(C)=O. The van der Waals surface area contributed by atoms with E-state index < -0.39 is 0 Å². The molecule has 0 fully saturated rings. The lowest BCUT2D eigenvalue weighted by Gasteiger charge is -2.03. The van der Waals surface area contributed by atoms with E-state index in [9.17, 15) is 9.59 Å². The summed E-state index contributed by atoms with van der Waals surface area (Å²) in [5, 5.41) is 0. The zero-order valence-electron chi connectivity index (χ0n) is 14.1. The lowest BCUT2D eigenvalue weighted by atomic mass is 10.0. The predicted octanol–water partition coefficient (Wildman–Crippen LogP) is 4.86. The van der Waals surface area contributed by atoms with Gasteiger partial charge in [0.2, 0.25) is 0 Å². The maximum Gasteiger partial charge on any atom is 0.158 e. The van der Waals surface area contributed by atoms with Crippen molar-refractivity contribution in [3.63, 3.8) is 0 Å². The van der Waals surface area contributed by atoms with Gasteiger partial charge in [-0.2, -0.15) is 0 Å². The normalized spacial score (nSPS) is 10.8. The molecule has 0 radical (unpaired) electrons. The molecule has 0 spiro atoms. The van der Waals surface area contributed by atoms with Crippen LogP contribution in [0, 0.1) is 0 Å². The Morgan fingerprint density at radius 1 is 0.714 bits per heavy atom. The maximum atomic E-state index is 11.4. The number of ketones is 2. The number of hydrogen-bond donors (Lipinski definition) is 0. The van der Waals surface area contributed by atoms with Crippen LogP contribution in [0.4, 0.5) is 0 Å². The summed E-state index contributed by atoms with van der Waals surface area (Å²) in [6.07, 6.45) is 14.8. The Balaban J connectivity index is 3.14. The molecule has 0 aromatic heterocycles. The zero-order valence-corrected chi connectivity index (χ0v) is 14.1. The van der Waals surface area contributed by atoms with Gasteiger partial charge in [0.1, 0.15) is 13.2 Å². The molecule has 0 amide bonds. The van der Waals surface area contributed by atoms with Crippen molar-refractivity contribution < 1.29 is 14.3 Å². The molecule has 0 heterocycles. The molecule has 0 atom stereocenters. The van der Waals surface area contributed by atoms with E-state index in [1.165, 1.54) is 64.7 Å². The number of unbranched alkanes of at least 4 members (excludes halogenated alkanes) is 10. The molecule has 0 aliphatic heterocycles. The molecule has 0 unspecified atom stereocenters. The van der Waals surface area contributed by atoms with Crippen molar-refractivity contribution in [3.05, 3.63) is 0 Å². The van der Waals surface area contributed by atoms with Gasteiger partial charge in [0.25, 0.3) is 0 Å². The monoisotopic (exact) mass is 298 g/mol. The van der Waals surface area contributed by atoms with Crippen molar-refractivity contribution in [1.82, 2.24) is 0 Å². The first-order chi connectivity index (χ1) is 10.2. The van der Waals surface area contributed by atoms with Crippen LogP contribution in [-0.2, 0) is 14.3 Å². The van der Waals surface area contributed by atoms with E-state index in [0.717, 1.165) is 12.8 Å². The van der Waals surface area contributed by atoms with E-state index in [2.05, 4.69) is 6.92 Å². The summed E-state index contributed by atoms with van der Waals surface area (Å²) in [5.41, 5.74) is 0. The van der Waals surface area contributed by atoms with Gasteiger partial charge in [-0.1, -0.05) is 71.1 Å². The molecular weight excluding hydrogens is 264 g/mol. The van der Waals surface area contributed by atoms with Crippen LogP contribution in [0.25, 0.3) is 0 Å². The third-order valence-corrected chi connectivity index (χ3v) is 3.63. The molecule has 0 saturated heterocycles. The molecule has 0 saturated carbocycles. The third-order valence-electron chi connectivity index (χ3n) is 3.63. The van der Waals surface area contributed by atoms with Crippen molar-refractivity contribution in [3.8, 4) is 0 Å². The van der Waals surface area contributed by atoms with Crippen LogP contribution < -0.4 is 0 Å². The molecule has 0 rings (SSSR count). The van der Waals surface area contributed by atoms with Gasteiger partial charge >= 0.3 is 0 Å². The van der Waals surface area contributed by atoms with E-state index in [0.29, 0.717) is 6.42 Å². The van der Waals surface area contributed by atoms with Gasteiger partial charge in [0.15, 0.2) is 11.6 Å². The lowest BCUT2D eigenvalue weighted by Crippen LogP contribution is -2.12. The van der Waals surface area contributed by atoms with Crippen molar-refractivity contribution in [2.24, 2.45) is 0 Å². The minimum atomic E-state index is -0.0301. The second-order valence-corrected chi connectivity index (χ2v) is 6.02. The molecule has 21 heavy (non-hydrogen) atoms. The highest BCUT2D eigenvalue weighted by molar-refractivity contribution is 5.80. The van der Waals surface area contributed by atoms with Crippen molar-refractivity contribution >= 4 is 11.6 Å². The zero-order chi connectivity index (χ0) is 15.8. The van der Waals surface area contributed by atoms with Crippen LogP contribution in [0.5, 0.6) is 0 Å². The summed E-state index contributed by atoms with van der Waals surface area (Å²) in [6.45, 7) is 3.87. The first-order valence-corrected chi connectivity index (χ1v) is 8.75. The van der Waals surface area contributed by atoms with Gasteiger partial charge in [-0.25, -0.2) is 0 Å². The Hall–Kier alpha value is -0.700. The summed E-state index contributed by atoms with van der Waals surface area (Å²) in [5.74, 6) is 0.0877. The average Bonchev–Trinajstić information content (AvgIpc) is 2.44. The van der Waals surface area contributed by atoms with E-state index in [-0.39, 0.29) is 24.8 Å². The number of carbonyl (C=O) groups excluding carboxylic acids is 2. The van der Waals surface area contributed by atoms with Gasteiger partial charge in [-0.05, 0) is 13.3 Å². The lowest BCUT2D eigenvalue weighted by molar-refractivity contribution is -0.127. The molecule has 0 aliphatic carbocycles. The van der Waals surface area contributed by atoms with Crippen molar-refractivity contribution in [1.29, 1.82) is 0 Å². The van der Waals surface area contributed by atoms with E-state index in [1.54, 1.807) is 0 Å². The fourth-order valence-corrected chi connectivity index (χ4v) is 2.37. The number of Topliss-reactive ketones (excluding diaryl/α,β-unsaturated/α-hetero) is 2. The minimum absolute atomic E-state index is 0.0301. The van der Waals surface area contributed by atoms with E-state index >= 15 is 0 Å². The molecule has 3 nitrogen and oxygen atoms in total. The molecule has 3 heteroatoms. The maximum absolute atomic E-state index is 11.4. The molecule has 0 aromatic carbocycles. The second-order valence-electron chi connectivity index (χ2n) is 6.02. The van der Waals surface area contributed by atoms with E-state index in [1.807, 2.05) is 0 Å². The Kier molecular flexibility index (Phi) is 15.2. The summed E-state index contributed by atoms with van der Waals surface area (Å²) in [7, 11) is 0. The second kappa shape index (κ2) is 15.7. The topological polar surface area (TPSA) is 43.4 Å². The van der Waals surface area contributed by atoms with Crippen molar-refractivity contribution in [2.75, 3.05) is 13.2 Å². The molecule has 0 N–H and O–H groups in total. The number of hydrogen-bond acceptors (Lipinski definition) is 3. The van der Waals surface area contributed by atoms with E-state index in [4.69, 9.17) is 4.74 Å². The Bertz CT molecular complexity index is 261. The molecule has 0 aliphatic rings. The average molecular weight is 298 g/mol. The first-order valence-electron chi connectivity index (χ1n) is 8.75. The van der Waals surface area contributed by atoms with Crippen molar-refractivity contribution in [2.45, 2.75) is 90.9 Å². The van der Waals surface area contributed by atoms with Gasteiger partial charge in [0.05, 0.1) is 0 Å². The summed E-state index contributed by atoms with van der Waals surface area (Å²) >= 11 is 0. The summed E-state index contributed by atoms with van der Waals surface area (Å²) in [4.78, 5) is 22.1. The Morgan fingerprint density at radius 3 is 1.67 bits per heavy atom. The fraction of sp³-hybridized carbons (Fsp3) is 0.889. The third kappa shape index (κ3) is 17.2. The Morgan fingerprint density at radius 2 is 1.19 bits per heavy atom. The Labute approximate surface area is 130 Å². The largest absolute Gasteiger partial charge is 0.366 e. The summed E-state index contributed by atoms with van der Waals surface area (Å²) < 4.78 is 5.01. The van der Waals surface area contributed by atoms with Crippen LogP contribution >= 0.6 is 0 Å². The van der Waals surface area contributed by atoms with Crippen LogP contribution in [0.3, 0.4) is 0 Å². The molecule has 0 bridgehead atoms. The molecule has 0 aromatic rings. The van der Waals surface area contributed by atoms with Crippen LogP contribution in [-0.4, -0.2) is 24.8 Å². The van der Waals surface area contributed by atoms with Gasteiger partial charge in [-0.15, -0.1) is 0 Å². The van der Waals surface area contributed by atoms with Crippen LogP contribution in [0.15, 0.2) is 0 Å². The molecule has 124 valence electrons. The minimum Gasteiger partial charge on any atom is -0.366 e. The first kappa shape index (κ1) is 20.3.